The molecule has 3 rings (SSSR count). The van der Waals surface area contributed by atoms with Crippen molar-refractivity contribution in [2.45, 2.75) is 32.8 Å². The van der Waals surface area contributed by atoms with E-state index < -0.39 is 0 Å². The molecule has 0 aliphatic carbocycles. The minimum absolute atomic E-state index is 0.111. The molecule has 1 fully saturated rings. The molecule has 24 heavy (non-hydrogen) atoms. The first-order chi connectivity index (χ1) is 11.5. The van der Waals surface area contributed by atoms with Gasteiger partial charge in [-0.05, 0) is 38.0 Å². The Morgan fingerprint density at radius 3 is 3.00 bits per heavy atom. The molecule has 1 saturated heterocycles. The Morgan fingerprint density at radius 2 is 2.29 bits per heavy atom. The van der Waals surface area contributed by atoms with E-state index in [1.165, 1.54) is 0 Å². The van der Waals surface area contributed by atoms with E-state index in [-0.39, 0.29) is 11.6 Å². The number of nitrogens with zero attached hydrogens (tertiary/aromatic N) is 2. The van der Waals surface area contributed by atoms with Crippen LogP contribution in [-0.4, -0.2) is 41.2 Å². The number of aryl methyl sites for hydroxylation is 1. The number of morpholine rings is 1. The molecular formula is C18H23N3O3. The molecule has 0 spiro atoms. The van der Waals surface area contributed by atoms with Gasteiger partial charge in [0.05, 0.1) is 24.9 Å². The highest BCUT2D eigenvalue weighted by Crippen LogP contribution is 2.26. The third-order valence-corrected chi connectivity index (χ3v) is 4.52. The maximum Gasteiger partial charge on any atom is 0.322 e. The highest BCUT2D eigenvalue weighted by atomic mass is 16.5. The Kier molecular flexibility index (Phi) is 4.57. The fourth-order valence-corrected chi connectivity index (χ4v) is 2.81. The number of carbonyl (C=O) groups is 1. The fraction of sp³-hybridized carbons (Fsp3) is 0.444. The van der Waals surface area contributed by atoms with Crippen molar-refractivity contribution < 1.29 is 13.9 Å². The smallest absolute Gasteiger partial charge is 0.322 e. The number of amides is 2. The molecule has 1 aromatic carbocycles. The summed E-state index contributed by atoms with van der Waals surface area (Å²) < 4.78 is 11.2. The predicted molar refractivity (Wildman–Crippen MR) is 91.9 cm³/mol. The summed E-state index contributed by atoms with van der Waals surface area (Å²) in [5, 5.41) is 2.97. The van der Waals surface area contributed by atoms with E-state index in [0.29, 0.717) is 25.6 Å². The Morgan fingerprint density at radius 1 is 1.46 bits per heavy atom. The van der Waals surface area contributed by atoms with Gasteiger partial charge in [0.25, 0.3) is 0 Å². The Balaban J connectivity index is 1.74. The second kappa shape index (κ2) is 6.65. The summed E-state index contributed by atoms with van der Waals surface area (Å²) in [5.74, 6) is 0.550. The zero-order valence-electron chi connectivity index (χ0n) is 14.3. The van der Waals surface area contributed by atoms with Gasteiger partial charge in [-0.25, -0.2) is 9.78 Å². The van der Waals surface area contributed by atoms with Crippen LogP contribution in [0.3, 0.4) is 0 Å². The Hall–Kier alpha value is -2.34. The van der Waals surface area contributed by atoms with Gasteiger partial charge in [0.2, 0.25) is 5.89 Å². The molecule has 1 aromatic heterocycles. The lowest BCUT2D eigenvalue weighted by Gasteiger charge is -2.39. The minimum atomic E-state index is -0.272. The zero-order chi connectivity index (χ0) is 17.2. The number of benzene rings is 1. The molecular weight excluding hydrogens is 306 g/mol. The lowest BCUT2D eigenvalue weighted by molar-refractivity contribution is -0.0860. The molecule has 0 bridgehead atoms. The molecule has 0 saturated carbocycles. The van der Waals surface area contributed by atoms with Gasteiger partial charge in [-0.1, -0.05) is 13.0 Å². The van der Waals surface area contributed by atoms with E-state index in [1.54, 1.807) is 17.4 Å². The maximum atomic E-state index is 12.6. The van der Waals surface area contributed by atoms with Crippen molar-refractivity contribution in [1.29, 1.82) is 0 Å². The van der Waals surface area contributed by atoms with Crippen LogP contribution in [0.1, 0.15) is 25.8 Å². The second-order valence-corrected chi connectivity index (χ2v) is 6.37. The van der Waals surface area contributed by atoms with Crippen LogP contribution < -0.4 is 5.32 Å². The molecule has 6 nitrogen and oxygen atoms in total. The molecule has 1 N–H and O–H groups in total. The molecule has 2 heterocycles. The van der Waals surface area contributed by atoms with Gasteiger partial charge in [0, 0.05) is 17.8 Å². The number of hydrogen-bond acceptors (Lipinski definition) is 4. The van der Waals surface area contributed by atoms with E-state index in [1.807, 2.05) is 32.0 Å². The highest BCUT2D eigenvalue weighted by molar-refractivity contribution is 5.90. The van der Waals surface area contributed by atoms with Gasteiger partial charge >= 0.3 is 6.03 Å². The van der Waals surface area contributed by atoms with Crippen molar-refractivity contribution in [3.63, 3.8) is 0 Å². The monoisotopic (exact) mass is 329 g/mol. The first-order valence-electron chi connectivity index (χ1n) is 8.21. The van der Waals surface area contributed by atoms with Gasteiger partial charge < -0.3 is 19.4 Å². The van der Waals surface area contributed by atoms with Gasteiger partial charge in [-0.2, -0.15) is 0 Å². The SMILES string of the molecule is CCC1(C)CN(C(=O)Nc2ccc(C)c(-c3ncco3)c2)CCO1. The number of aromatic nitrogens is 1. The molecule has 2 amide bonds. The van der Waals surface area contributed by atoms with Crippen LogP contribution >= 0.6 is 0 Å². The number of urea groups is 1. The highest BCUT2D eigenvalue weighted by Gasteiger charge is 2.32. The van der Waals surface area contributed by atoms with Gasteiger partial charge in [0.1, 0.15) is 6.26 Å². The largest absolute Gasteiger partial charge is 0.445 e. The van der Waals surface area contributed by atoms with Crippen LogP contribution in [0.4, 0.5) is 10.5 Å². The van der Waals surface area contributed by atoms with Crippen molar-refractivity contribution in [3.05, 3.63) is 36.2 Å². The van der Waals surface area contributed by atoms with Crippen LogP contribution in [-0.2, 0) is 4.74 Å². The second-order valence-electron chi connectivity index (χ2n) is 6.37. The third-order valence-electron chi connectivity index (χ3n) is 4.52. The van der Waals surface area contributed by atoms with E-state index in [2.05, 4.69) is 17.2 Å². The molecule has 6 heteroatoms. The lowest BCUT2D eigenvalue weighted by atomic mass is 10.0. The molecule has 1 atom stereocenters. The summed E-state index contributed by atoms with van der Waals surface area (Å²) in [4.78, 5) is 18.6. The van der Waals surface area contributed by atoms with Crippen LogP contribution in [0, 0.1) is 6.92 Å². The van der Waals surface area contributed by atoms with Crippen molar-refractivity contribution >= 4 is 11.7 Å². The Bertz CT molecular complexity index is 714. The maximum absolute atomic E-state index is 12.6. The van der Waals surface area contributed by atoms with Crippen LogP contribution in [0.5, 0.6) is 0 Å². The molecule has 1 aliphatic heterocycles. The number of ether oxygens (including phenoxy) is 1. The number of oxazole rings is 1. The van der Waals surface area contributed by atoms with Gasteiger partial charge in [-0.3, -0.25) is 0 Å². The number of hydrogen-bond donors (Lipinski definition) is 1. The molecule has 1 unspecified atom stereocenters. The van der Waals surface area contributed by atoms with E-state index >= 15 is 0 Å². The molecule has 1 aliphatic rings. The fourth-order valence-electron chi connectivity index (χ4n) is 2.81. The van der Waals surface area contributed by atoms with Crippen LogP contribution in [0.25, 0.3) is 11.5 Å². The van der Waals surface area contributed by atoms with Crippen LogP contribution in [0.2, 0.25) is 0 Å². The number of anilines is 1. The summed E-state index contributed by atoms with van der Waals surface area (Å²) in [7, 11) is 0. The number of carbonyl (C=O) groups excluding carboxylic acids is 1. The summed E-state index contributed by atoms with van der Waals surface area (Å²) in [6.45, 7) is 7.85. The zero-order valence-corrected chi connectivity index (χ0v) is 14.3. The first kappa shape index (κ1) is 16.5. The van der Waals surface area contributed by atoms with Crippen molar-refractivity contribution in [1.82, 2.24) is 9.88 Å². The molecule has 0 radical (unpaired) electrons. The molecule has 128 valence electrons. The van der Waals surface area contributed by atoms with Crippen molar-refractivity contribution in [3.8, 4) is 11.5 Å². The third kappa shape index (κ3) is 3.43. The normalized spacial score (nSPS) is 20.9. The summed E-state index contributed by atoms with van der Waals surface area (Å²) in [6.07, 6.45) is 4.02. The standard InChI is InChI=1S/C18H23N3O3/c1-4-18(3)12-21(8-10-24-18)17(22)20-14-6-5-13(2)15(11-14)16-19-7-9-23-16/h5-7,9,11H,4,8,10,12H2,1-3H3,(H,20,22). The average molecular weight is 329 g/mol. The van der Waals surface area contributed by atoms with Gasteiger partial charge in [0.15, 0.2) is 0 Å². The Labute approximate surface area is 141 Å². The van der Waals surface area contributed by atoms with E-state index in [9.17, 15) is 4.79 Å². The van der Waals surface area contributed by atoms with Crippen molar-refractivity contribution in [2.75, 3.05) is 25.0 Å². The summed E-state index contributed by atoms with van der Waals surface area (Å²) >= 11 is 0. The number of nitrogens with one attached hydrogen (secondary N) is 1. The molecule has 2 aromatic rings. The lowest BCUT2D eigenvalue weighted by Crippen LogP contribution is -2.53. The average Bonchev–Trinajstić information content (AvgIpc) is 3.11. The quantitative estimate of drug-likeness (QED) is 0.932. The summed E-state index contributed by atoms with van der Waals surface area (Å²) in [6, 6.07) is 5.61. The number of rotatable bonds is 3. The minimum Gasteiger partial charge on any atom is -0.445 e. The van der Waals surface area contributed by atoms with Crippen molar-refractivity contribution in [2.24, 2.45) is 0 Å². The van der Waals surface area contributed by atoms with E-state index in [0.717, 1.165) is 23.2 Å². The first-order valence-corrected chi connectivity index (χ1v) is 8.21. The van der Waals surface area contributed by atoms with Crippen LogP contribution in [0.15, 0.2) is 35.1 Å². The summed E-state index contributed by atoms with van der Waals surface area (Å²) in [5.41, 5.74) is 2.37. The topological polar surface area (TPSA) is 67.6 Å². The van der Waals surface area contributed by atoms with Gasteiger partial charge in [-0.15, -0.1) is 0 Å². The van der Waals surface area contributed by atoms with E-state index in [4.69, 9.17) is 9.15 Å². The predicted octanol–water partition coefficient (Wildman–Crippen LogP) is 3.68.